The highest BCUT2D eigenvalue weighted by Crippen LogP contribution is 2.29. The molecule has 0 bridgehead atoms. The molecule has 1 aliphatic carbocycles. The summed E-state index contributed by atoms with van der Waals surface area (Å²) in [5.74, 6) is 0. The molecule has 1 aliphatic heterocycles. The van der Waals surface area contributed by atoms with Crippen LogP contribution in [-0.4, -0.2) is 55.6 Å². The zero-order valence-corrected chi connectivity index (χ0v) is 11.9. The van der Waals surface area contributed by atoms with Crippen LogP contribution in [0.4, 0.5) is 0 Å². The highest BCUT2D eigenvalue weighted by atomic mass is 15.3. The second kappa shape index (κ2) is 6.04. The highest BCUT2D eigenvalue weighted by molar-refractivity contribution is 5.19. The smallest absolute Gasteiger partial charge is 0.0473 e. The van der Waals surface area contributed by atoms with Crippen molar-refractivity contribution >= 4 is 0 Å². The molecule has 3 heteroatoms. The molecule has 0 spiro atoms. The SMILES string of the molecule is CNCC(c1ccccc1)N1CCN(C2CC2)CC1. The second-order valence-corrected chi connectivity index (χ2v) is 5.79. The average Bonchev–Trinajstić information content (AvgIpc) is 3.31. The molecule has 19 heavy (non-hydrogen) atoms. The summed E-state index contributed by atoms with van der Waals surface area (Å²) >= 11 is 0. The van der Waals surface area contributed by atoms with E-state index in [9.17, 15) is 0 Å². The van der Waals surface area contributed by atoms with Crippen LogP contribution >= 0.6 is 0 Å². The number of nitrogens with zero attached hydrogens (tertiary/aromatic N) is 2. The van der Waals surface area contributed by atoms with Crippen molar-refractivity contribution in [2.75, 3.05) is 39.8 Å². The molecule has 0 amide bonds. The largest absolute Gasteiger partial charge is 0.318 e. The number of nitrogens with one attached hydrogen (secondary N) is 1. The Kier molecular flexibility index (Phi) is 4.16. The van der Waals surface area contributed by atoms with Crippen LogP contribution in [0, 0.1) is 0 Å². The zero-order valence-electron chi connectivity index (χ0n) is 11.9. The number of rotatable bonds is 5. The summed E-state index contributed by atoms with van der Waals surface area (Å²) in [7, 11) is 2.05. The summed E-state index contributed by atoms with van der Waals surface area (Å²) in [5, 5.41) is 3.35. The summed E-state index contributed by atoms with van der Waals surface area (Å²) in [6.07, 6.45) is 2.86. The number of benzene rings is 1. The zero-order chi connectivity index (χ0) is 13.1. The minimum atomic E-state index is 0.521. The predicted octanol–water partition coefficient (Wildman–Crippen LogP) is 1.73. The lowest BCUT2D eigenvalue weighted by atomic mass is 10.0. The molecule has 104 valence electrons. The standard InChI is InChI=1S/C16H25N3/c1-17-13-16(14-5-3-2-4-6-14)19-11-9-18(10-12-19)15-7-8-15/h2-6,15-17H,7-13H2,1H3. The maximum atomic E-state index is 3.35. The highest BCUT2D eigenvalue weighted by Gasteiger charge is 2.32. The minimum absolute atomic E-state index is 0.521. The number of hydrogen-bond donors (Lipinski definition) is 1. The van der Waals surface area contributed by atoms with Crippen LogP contribution in [-0.2, 0) is 0 Å². The number of piperazine rings is 1. The molecule has 1 saturated heterocycles. The molecular formula is C16H25N3. The summed E-state index contributed by atoms with van der Waals surface area (Å²) < 4.78 is 0. The van der Waals surface area contributed by atoms with Gasteiger partial charge in [0.25, 0.3) is 0 Å². The molecule has 1 aromatic carbocycles. The fraction of sp³-hybridized carbons (Fsp3) is 0.625. The fourth-order valence-corrected chi connectivity index (χ4v) is 3.18. The maximum Gasteiger partial charge on any atom is 0.0473 e. The van der Waals surface area contributed by atoms with E-state index in [1.54, 1.807) is 0 Å². The first-order chi connectivity index (χ1) is 9.38. The molecule has 0 aromatic heterocycles. The summed E-state index contributed by atoms with van der Waals surface area (Å²) in [5.41, 5.74) is 1.44. The Hall–Kier alpha value is -0.900. The Labute approximate surface area is 116 Å². The van der Waals surface area contributed by atoms with E-state index in [-0.39, 0.29) is 0 Å². The van der Waals surface area contributed by atoms with Gasteiger partial charge in [0.05, 0.1) is 0 Å². The van der Waals surface area contributed by atoms with Gasteiger partial charge in [-0.2, -0.15) is 0 Å². The average molecular weight is 259 g/mol. The Morgan fingerprint density at radius 1 is 1.11 bits per heavy atom. The van der Waals surface area contributed by atoms with Crippen LogP contribution < -0.4 is 5.32 Å². The van der Waals surface area contributed by atoms with Crippen LogP contribution in [0.1, 0.15) is 24.4 Å². The van der Waals surface area contributed by atoms with E-state index in [0.717, 1.165) is 12.6 Å². The first-order valence-electron chi connectivity index (χ1n) is 7.56. The third kappa shape index (κ3) is 3.16. The first kappa shape index (κ1) is 13.1. The number of hydrogen-bond acceptors (Lipinski definition) is 3. The van der Waals surface area contributed by atoms with Crippen LogP contribution in [0.15, 0.2) is 30.3 Å². The first-order valence-corrected chi connectivity index (χ1v) is 7.56. The van der Waals surface area contributed by atoms with E-state index >= 15 is 0 Å². The Morgan fingerprint density at radius 3 is 2.37 bits per heavy atom. The molecule has 2 fully saturated rings. The van der Waals surface area contributed by atoms with Gasteiger partial charge in [0.15, 0.2) is 0 Å². The normalized spacial score (nSPS) is 23.4. The Bertz CT molecular complexity index is 380. The fourth-order valence-electron chi connectivity index (χ4n) is 3.18. The molecule has 3 rings (SSSR count). The van der Waals surface area contributed by atoms with Crippen molar-refractivity contribution in [1.82, 2.24) is 15.1 Å². The van der Waals surface area contributed by atoms with E-state index < -0.39 is 0 Å². The molecular weight excluding hydrogens is 234 g/mol. The lowest BCUT2D eigenvalue weighted by Gasteiger charge is -2.39. The van der Waals surface area contributed by atoms with Crippen molar-refractivity contribution < 1.29 is 0 Å². The minimum Gasteiger partial charge on any atom is -0.318 e. The summed E-state index contributed by atoms with van der Waals surface area (Å²) in [6.45, 7) is 5.94. The van der Waals surface area contributed by atoms with Crippen molar-refractivity contribution in [3.05, 3.63) is 35.9 Å². The van der Waals surface area contributed by atoms with Crippen LogP contribution in [0.5, 0.6) is 0 Å². The third-order valence-corrected chi connectivity index (χ3v) is 4.43. The molecule has 3 nitrogen and oxygen atoms in total. The van der Waals surface area contributed by atoms with E-state index in [2.05, 4.69) is 52.5 Å². The molecule has 1 atom stereocenters. The predicted molar refractivity (Wildman–Crippen MR) is 79.3 cm³/mol. The van der Waals surface area contributed by atoms with Crippen molar-refractivity contribution in [3.63, 3.8) is 0 Å². The molecule has 1 N–H and O–H groups in total. The lowest BCUT2D eigenvalue weighted by Crippen LogP contribution is -2.49. The summed E-state index contributed by atoms with van der Waals surface area (Å²) in [6, 6.07) is 12.4. The second-order valence-electron chi connectivity index (χ2n) is 5.79. The monoisotopic (exact) mass is 259 g/mol. The quantitative estimate of drug-likeness (QED) is 0.869. The van der Waals surface area contributed by atoms with Gasteiger partial charge >= 0.3 is 0 Å². The van der Waals surface area contributed by atoms with Gasteiger partial charge in [0.2, 0.25) is 0 Å². The van der Waals surface area contributed by atoms with Gasteiger partial charge in [-0.05, 0) is 25.5 Å². The van der Waals surface area contributed by atoms with Crippen molar-refractivity contribution in [2.24, 2.45) is 0 Å². The molecule has 1 heterocycles. The summed E-state index contributed by atoms with van der Waals surface area (Å²) in [4.78, 5) is 5.32. The van der Waals surface area contributed by atoms with E-state index in [0.29, 0.717) is 6.04 Å². The molecule has 1 aromatic rings. The third-order valence-electron chi connectivity index (χ3n) is 4.43. The van der Waals surface area contributed by atoms with Gasteiger partial charge in [-0.25, -0.2) is 0 Å². The van der Waals surface area contributed by atoms with Crippen molar-refractivity contribution in [2.45, 2.75) is 24.9 Å². The lowest BCUT2D eigenvalue weighted by molar-refractivity contribution is 0.0912. The molecule has 0 radical (unpaired) electrons. The van der Waals surface area contributed by atoms with Gasteiger partial charge in [0.1, 0.15) is 0 Å². The van der Waals surface area contributed by atoms with Crippen LogP contribution in [0.25, 0.3) is 0 Å². The molecule has 1 saturated carbocycles. The van der Waals surface area contributed by atoms with Gasteiger partial charge in [0, 0.05) is 44.8 Å². The Balaban J connectivity index is 1.64. The van der Waals surface area contributed by atoms with Gasteiger partial charge in [-0.3, -0.25) is 9.80 Å². The van der Waals surface area contributed by atoms with E-state index in [1.165, 1.54) is 44.6 Å². The van der Waals surface area contributed by atoms with Crippen molar-refractivity contribution in [3.8, 4) is 0 Å². The Morgan fingerprint density at radius 2 is 1.79 bits per heavy atom. The van der Waals surface area contributed by atoms with Crippen LogP contribution in [0.2, 0.25) is 0 Å². The van der Waals surface area contributed by atoms with E-state index in [1.807, 2.05) is 0 Å². The van der Waals surface area contributed by atoms with E-state index in [4.69, 9.17) is 0 Å². The maximum absolute atomic E-state index is 3.35. The number of likely N-dealkylation sites (N-methyl/N-ethyl adjacent to an activating group) is 1. The molecule has 2 aliphatic rings. The van der Waals surface area contributed by atoms with Gasteiger partial charge < -0.3 is 5.32 Å². The van der Waals surface area contributed by atoms with Crippen molar-refractivity contribution in [1.29, 1.82) is 0 Å². The van der Waals surface area contributed by atoms with Gasteiger partial charge in [-0.15, -0.1) is 0 Å². The molecule has 1 unspecified atom stereocenters. The van der Waals surface area contributed by atoms with Crippen LogP contribution in [0.3, 0.4) is 0 Å². The van der Waals surface area contributed by atoms with Gasteiger partial charge in [-0.1, -0.05) is 30.3 Å². The topological polar surface area (TPSA) is 18.5 Å².